The zero-order valence-electron chi connectivity index (χ0n) is 14.5. The van der Waals surface area contributed by atoms with Gasteiger partial charge in [-0.3, -0.25) is 0 Å². The number of fused-ring (bicyclic) bond motifs is 1. The van der Waals surface area contributed by atoms with Crippen LogP contribution in [0.1, 0.15) is 44.8 Å². The molecule has 0 aromatic carbocycles. The van der Waals surface area contributed by atoms with E-state index in [1.165, 1.54) is 5.57 Å². The van der Waals surface area contributed by atoms with Gasteiger partial charge >= 0.3 is 0 Å². The second-order valence-electron chi connectivity index (χ2n) is 7.93. The summed E-state index contributed by atoms with van der Waals surface area (Å²) in [5, 5.41) is 1.11. The largest absolute Gasteiger partial charge is 0.342 e. The molecule has 0 radical (unpaired) electrons. The van der Waals surface area contributed by atoms with Crippen LogP contribution in [0.2, 0.25) is 0 Å². The Kier molecular flexibility index (Phi) is 2.72. The molecule has 1 saturated heterocycles. The van der Waals surface area contributed by atoms with Crippen molar-refractivity contribution in [2.75, 3.05) is 0 Å². The van der Waals surface area contributed by atoms with Gasteiger partial charge in [-0.1, -0.05) is 12.2 Å². The molecule has 126 valence electrons. The summed E-state index contributed by atoms with van der Waals surface area (Å²) in [5.74, 6) is -0.172. The fraction of sp³-hybridized carbons (Fsp3) is 0.579. The number of aryl methyl sites for hydroxylation is 1. The van der Waals surface area contributed by atoms with Gasteiger partial charge in [-0.05, 0) is 46.1 Å². The quantitative estimate of drug-likeness (QED) is 0.753. The number of nitrogens with zero attached hydrogens (tertiary/aromatic N) is 3. The average Bonchev–Trinajstić information content (AvgIpc) is 3.19. The van der Waals surface area contributed by atoms with Gasteiger partial charge in [0.15, 0.2) is 5.79 Å². The Morgan fingerprint density at radius 1 is 1.33 bits per heavy atom. The van der Waals surface area contributed by atoms with E-state index < -0.39 is 5.79 Å². The summed E-state index contributed by atoms with van der Waals surface area (Å²) in [6.45, 7) is 10.4. The lowest BCUT2D eigenvalue weighted by atomic mass is 9.91. The molecule has 0 N–H and O–H groups in total. The maximum Gasteiger partial charge on any atom is 0.164 e. The van der Waals surface area contributed by atoms with Crippen LogP contribution in [0, 0.1) is 12.8 Å². The zero-order chi connectivity index (χ0) is 16.7. The molecular weight excluding hydrogens is 302 g/mol. The normalized spacial score (nSPS) is 37.1. The van der Waals surface area contributed by atoms with Gasteiger partial charge in [0.1, 0.15) is 23.7 Å². The van der Waals surface area contributed by atoms with E-state index in [1.807, 2.05) is 20.8 Å². The van der Waals surface area contributed by atoms with Gasteiger partial charge in [-0.25, -0.2) is 9.97 Å². The minimum atomic E-state index is -0.542. The van der Waals surface area contributed by atoms with Crippen LogP contribution in [0.15, 0.2) is 30.7 Å². The molecule has 2 aliphatic carbocycles. The van der Waals surface area contributed by atoms with Gasteiger partial charge in [0.25, 0.3) is 0 Å². The molecule has 5 nitrogen and oxygen atoms in total. The van der Waals surface area contributed by atoms with E-state index >= 15 is 0 Å². The molecule has 0 bridgehead atoms. The highest BCUT2D eigenvalue weighted by molar-refractivity contribution is 5.78. The molecule has 2 aromatic heterocycles. The van der Waals surface area contributed by atoms with Crippen molar-refractivity contribution in [1.29, 1.82) is 0 Å². The second kappa shape index (κ2) is 4.46. The van der Waals surface area contributed by atoms with Crippen molar-refractivity contribution >= 4 is 11.0 Å². The highest BCUT2D eigenvalue weighted by atomic mass is 16.8. The third-order valence-corrected chi connectivity index (χ3v) is 6.14. The van der Waals surface area contributed by atoms with Crippen molar-refractivity contribution in [3.8, 4) is 0 Å². The lowest BCUT2D eigenvalue weighted by Crippen LogP contribution is -2.40. The zero-order valence-corrected chi connectivity index (χ0v) is 14.5. The highest BCUT2D eigenvalue weighted by Crippen LogP contribution is 2.62. The Balaban J connectivity index is 1.64. The predicted molar refractivity (Wildman–Crippen MR) is 90.6 cm³/mol. The van der Waals surface area contributed by atoms with Crippen molar-refractivity contribution in [2.24, 2.45) is 5.92 Å². The van der Waals surface area contributed by atoms with E-state index in [4.69, 9.17) is 9.47 Å². The molecule has 2 saturated carbocycles. The van der Waals surface area contributed by atoms with Gasteiger partial charge in [-0.15, -0.1) is 0 Å². The summed E-state index contributed by atoms with van der Waals surface area (Å²) < 4.78 is 15.2. The van der Waals surface area contributed by atoms with Crippen molar-refractivity contribution in [3.05, 3.63) is 36.4 Å². The minimum Gasteiger partial charge on any atom is -0.342 e. The van der Waals surface area contributed by atoms with E-state index in [0.29, 0.717) is 5.92 Å². The second-order valence-corrected chi connectivity index (χ2v) is 7.93. The Morgan fingerprint density at radius 3 is 3.00 bits per heavy atom. The molecule has 0 amide bonds. The van der Waals surface area contributed by atoms with E-state index in [-0.39, 0.29) is 17.7 Å². The van der Waals surface area contributed by atoms with Gasteiger partial charge < -0.3 is 14.0 Å². The number of aromatic nitrogens is 3. The fourth-order valence-electron chi connectivity index (χ4n) is 5.22. The van der Waals surface area contributed by atoms with Gasteiger partial charge in [0.2, 0.25) is 0 Å². The third-order valence-electron chi connectivity index (χ3n) is 6.14. The molecule has 1 aliphatic heterocycles. The van der Waals surface area contributed by atoms with Crippen LogP contribution >= 0.6 is 0 Å². The smallest absolute Gasteiger partial charge is 0.164 e. The topological polar surface area (TPSA) is 49.2 Å². The number of ether oxygens (including phenoxy) is 2. The van der Waals surface area contributed by atoms with E-state index in [2.05, 4.69) is 33.4 Å². The maximum atomic E-state index is 6.49. The first kappa shape index (κ1) is 14.6. The van der Waals surface area contributed by atoms with Crippen molar-refractivity contribution in [2.45, 2.75) is 63.6 Å². The monoisotopic (exact) mass is 325 g/mol. The van der Waals surface area contributed by atoms with Crippen molar-refractivity contribution in [1.82, 2.24) is 14.5 Å². The van der Waals surface area contributed by atoms with Crippen molar-refractivity contribution < 1.29 is 9.47 Å². The Morgan fingerprint density at radius 2 is 2.17 bits per heavy atom. The van der Waals surface area contributed by atoms with Crippen LogP contribution in [0.25, 0.3) is 11.0 Å². The molecule has 4 atom stereocenters. The van der Waals surface area contributed by atoms with Crippen LogP contribution in [0.3, 0.4) is 0 Å². The van der Waals surface area contributed by atoms with Crippen LogP contribution < -0.4 is 0 Å². The molecule has 0 unspecified atom stereocenters. The molecule has 24 heavy (non-hydrogen) atoms. The molecule has 2 aromatic rings. The van der Waals surface area contributed by atoms with Crippen LogP contribution in [-0.4, -0.2) is 32.0 Å². The number of hydrogen-bond acceptors (Lipinski definition) is 4. The first-order valence-electron chi connectivity index (χ1n) is 8.75. The first-order valence-corrected chi connectivity index (χ1v) is 8.75. The van der Waals surface area contributed by atoms with E-state index in [0.717, 1.165) is 36.0 Å². The summed E-state index contributed by atoms with van der Waals surface area (Å²) in [7, 11) is 0. The number of hydrogen-bond donors (Lipinski definition) is 0. The lowest BCUT2D eigenvalue weighted by Gasteiger charge is -2.28. The molecule has 3 fully saturated rings. The lowest BCUT2D eigenvalue weighted by molar-refractivity contribution is -0.174. The van der Waals surface area contributed by atoms with Gasteiger partial charge in [-0.2, -0.15) is 0 Å². The molecule has 5 rings (SSSR count). The summed E-state index contributed by atoms with van der Waals surface area (Å²) in [6, 6.07) is 2.34. The Bertz CT molecular complexity index is 855. The summed E-state index contributed by atoms with van der Waals surface area (Å²) >= 11 is 0. The van der Waals surface area contributed by atoms with Crippen molar-refractivity contribution in [3.63, 3.8) is 0 Å². The van der Waals surface area contributed by atoms with E-state index in [1.54, 1.807) is 6.33 Å². The van der Waals surface area contributed by atoms with Crippen LogP contribution in [0.5, 0.6) is 0 Å². The average molecular weight is 325 g/mol. The Hall–Kier alpha value is -1.72. The predicted octanol–water partition coefficient (Wildman–Crippen LogP) is 3.54. The number of rotatable bonds is 1. The molecule has 1 spiro atoms. The highest BCUT2D eigenvalue weighted by Gasteiger charge is 2.67. The van der Waals surface area contributed by atoms with Gasteiger partial charge in [0.05, 0.1) is 11.7 Å². The van der Waals surface area contributed by atoms with Crippen LogP contribution in [0.4, 0.5) is 0 Å². The molecule has 3 heterocycles. The summed E-state index contributed by atoms with van der Waals surface area (Å²) in [4.78, 5) is 8.85. The fourth-order valence-corrected chi connectivity index (χ4v) is 5.22. The molecule has 5 heteroatoms. The van der Waals surface area contributed by atoms with Crippen LogP contribution in [-0.2, 0) is 9.47 Å². The Labute approximate surface area is 141 Å². The van der Waals surface area contributed by atoms with E-state index in [9.17, 15) is 0 Å². The first-order chi connectivity index (χ1) is 11.4. The van der Waals surface area contributed by atoms with Gasteiger partial charge in [0, 0.05) is 17.5 Å². The minimum absolute atomic E-state index is 0.0441. The summed E-state index contributed by atoms with van der Waals surface area (Å²) in [6.07, 6.45) is 6.88. The molecular formula is C19H23N3O2. The third kappa shape index (κ3) is 1.72. The summed E-state index contributed by atoms with van der Waals surface area (Å²) in [5.41, 5.74) is 3.09. The maximum absolute atomic E-state index is 6.49. The molecule has 3 aliphatic rings. The SMILES string of the molecule is C=C1CC[C@]23OC(C)(C)O[C@H]2[C@H](n2ccc4c(C)ncnc42)C[C@H]13. The standard InChI is InChI=1S/C19H23N3O2/c1-11-5-7-19-14(11)9-15(16(19)23-18(3,4)24-19)22-8-6-13-12(2)20-10-21-17(13)22/h6,8,10,14-16H,1,5,7,9H2,2-4H3/t14-,15-,16+,19-/m1/s1.